The summed E-state index contributed by atoms with van der Waals surface area (Å²) in [5.74, 6) is 0. The second kappa shape index (κ2) is 7.49. The Kier molecular flexibility index (Phi) is 6.23. The van der Waals surface area contributed by atoms with Crippen molar-refractivity contribution >= 4 is 17.4 Å². The Hall–Kier alpha value is -1.75. The lowest BCUT2D eigenvalue weighted by Gasteiger charge is -2.28. The van der Waals surface area contributed by atoms with Gasteiger partial charge in [0, 0.05) is 31.0 Å². The van der Waals surface area contributed by atoms with E-state index in [1.165, 1.54) is 0 Å². The SMILES string of the molecule is CCN(CC(C)(C)O)C(=O)Nc1cccc(N(C)C(C)C)c1. The van der Waals surface area contributed by atoms with Crippen LogP contribution in [0.3, 0.4) is 0 Å². The summed E-state index contributed by atoms with van der Waals surface area (Å²) in [5.41, 5.74) is 0.898. The van der Waals surface area contributed by atoms with Gasteiger partial charge in [-0.1, -0.05) is 6.07 Å². The minimum atomic E-state index is -0.910. The second-order valence-electron chi connectivity index (χ2n) is 6.51. The van der Waals surface area contributed by atoms with Crippen LogP contribution in [0.15, 0.2) is 24.3 Å². The Labute approximate surface area is 133 Å². The van der Waals surface area contributed by atoms with Gasteiger partial charge < -0.3 is 20.2 Å². The number of benzene rings is 1. The number of nitrogens with one attached hydrogen (secondary N) is 1. The molecule has 22 heavy (non-hydrogen) atoms. The number of amides is 2. The molecule has 1 aromatic rings. The molecule has 124 valence electrons. The molecular formula is C17H29N3O2. The number of carbonyl (C=O) groups excluding carboxylic acids is 1. The zero-order chi connectivity index (χ0) is 16.9. The van der Waals surface area contributed by atoms with Crippen LogP contribution in [0.4, 0.5) is 16.2 Å². The number of rotatable bonds is 6. The van der Waals surface area contributed by atoms with Gasteiger partial charge in [0.2, 0.25) is 0 Å². The van der Waals surface area contributed by atoms with Crippen molar-refractivity contribution in [3.05, 3.63) is 24.3 Å². The molecular weight excluding hydrogens is 278 g/mol. The minimum absolute atomic E-state index is 0.200. The molecule has 1 rings (SSSR count). The molecule has 5 heteroatoms. The van der Waals surface area contributed by atoms with E-state index in [1.807, 2.05) is 38.2 Å². The molecule has 5 nitrogen and oxygen atoms in total. The van der Waals surface area contributed by atoms with Crippen LogP contribution >= 0.6 is 0 Å². The summed E-state index contributed by atoms with van der Waals surface area (Å²) in [6.45, 7) is 10.4. The van der Waals surface area contributed by atoms with Crippen molar-refractivity contribution < 1.29 is 9.90 Å². The fourth-order valence-electron chi connectivity index (χ4n) is 2.10. The molecule has 0 unspecified atom stereocenters. The summed E-state index contributed by atoms with van der Waals surface area (Å²) in [6, 6.07) is 7.95. The summed E-state index contributed by atoms with van der Waals surface area (Å²) in [5, 5.41) is 12.8. The van der Waals surface area contributed by atoms with Gasteiger partial charge in [-0.05, 0) is 52.8 Å². The van der Waals surface area contributed by atoms with Crippen LogP contribution in [-0.4, -0.2) is 47.8 Å². The maximum Gasteiger partial charge on any atom is 0.321 e. The van der Waals surface area contributed by atoms with Gasteiger partial charge in [0.15, 0.2) is 0 Å². The maximum atomic E-state index is 12.3. The van der Waals surface area contributed by atoms with Gasteiger partial charge in [-0.2, -0.15) is 0 Å². The van der Waals surface area contributed by atoms with Gasteiger partial charge in [-0.15, -0.1) is 0 Å². The van der Waals surface area contributed by atoms with Crippen molar-refractivity contribution in [2.75, 3.05) is 30.4 Å². The molecule has 0 spiro atoms. The first-order chi connectivity index (χ1) is 10.1. The average Bonchev–Trinajstić information content (AvgIpc) is 2.43. The number of hydrogen-bond donors (Lipinski definition) is 2. The highest BCUT2D eigenvalue weighted by molar-refractivity contribution is 5.90. The molecule has 2 N–H and O–H groups in total. The van der Waals surface area contributed by atoms with E-state index in [9.17, 15) is 9.90 Å². The predicted molar refractivity (Wildman–Crippen MR) is 92.5 cm³/mol. The lowest BCUT2D eigenvalue weighted by Crippen LogP contribution is -2.44. The Morgan fingerprint density at radius 3 is 2.50 bits per heavy atom. The molecule has 0 aliphatic rings. The Morgan fingerprint density at radius 1 is 1.36 bits per heavy atom. The van der Waals surface area contributed by atoms with Crippen molar-refractivity contribution in [1.29, 1.82) is 0 Å². The van der Waals surface area contributed by atoms with Crippen molar-refractivity contribution in [3.8, 4) is 0 Å². The van der Waals surface area contributed by atoms with Gasteiger partial charge in [0.25, 0.3) is 0 Å². The molecule has 0 aromatic heterocycles. The van der Waals surface area contributed by atoms with Crippen molar-refractivity contribution in [3.63, 3.8) is 0 Å². The number of urea groups is 1. The van der Waals surface area contributed by atoms with Gasteiger partial charge in [-0.3, -0.25) is 0 Å². The lowest BCUT2D eigenvalue weighted by molar-refractivity contribution is 0.0501. The molecule has 0 saturated carbocycles. The van der Waals surface area contributed by atoms with Crippen LogP contribution < -0.4 is 10.2 Å². The monoisotopic (exact) mass is 307 g/mol. The van der Waals surface area contributed by atoms with E-state index in [0.29, 0.717) is 19.1 Å². The highest BCUT2D eigenvalue weighted by Gasteiger charge is 2.21. The fraction of sp³-hybridized carbons (Fsp3) is 0.588. The number of anilines is 2. The first-order valence-corrected chi connectivity index (χ1v) is 7.75. The zero-order valence-electron chi connectivity index (χ0n) is 14.6. The summed E-state index contributed by atoms with van der Waals surface area (Å²) in [6.07, 6.45) is 0. The number of aliphatic hydroxyl groups is 1. The summed E-state index contributed by atoms with van der Waals surface area (Å²) in [7, 11) is 2.03. The smallest absolute Gasteiger partial charge is 0.321 e. The minimum Gasteiger partial charge on any atom is -0.389 e. The van der Waals surface area contributed by atoms with Crippen LogP contribution in [0.25, 0.3) is 0 Å². The molecule has 0 atom stereocenters. The Balaban J connectivity index is 2.81. The lowest BCUT2D eigenvalue weighted by atomic mass is 10.1. The Morgan fingerprint density at radius 2 is 2.00 bits per heavy atom. The van der Waals surface area contributed by atoms with Crippen LogP contribution in [-0.2, 0) is 0 Å². The van der Waals surface area contributed by atoms with Gasteiger partial charge in [0.05, 0.1) is 12.1 Å². The topological polar surface area (TPSA) is 55.8 Å². The van der Waals surface area contributed by atoms with Gasteiger partial charge in [0.1, 0.15) is 0 Å². The van der Waals surface area contributed by atoms with E-state index in [0.717, 1.165) is 11.4 Å². The average molecular weight is 307 g/mol. The van der Waals surface area contributed by atoms with Crippen LogP contribution in [0.2, 0.25) is 0 Å². The largest absolute Gasteiger partial charge is 0.389 e. The third-order valence-electron chi connectivity index (χ3n) is 3.53. The molecule has 1 aromatic carbocycles. The molecule has 0 saturated heterocycles. The summed E-state index contributed by atoms with van der Waals surface area (Å²) in [4.78, 5) is 16.1. The quantitative estimate of drug-likeness (QED) is 0.849. The first-order valence-electron chi connectivity index (χ1n) is 7.75. The van der Waals surface area contributed by atoms with E-state index in [2.05, 4.69) is 24.1 Å². The van der Waals surface area contributed by atoms with Crippen LogP contribution in [0, 0.1) is 0 Å². The standard InChI is InChI=1S/C17H29N3O2/c1-7-20(12-17(4,5)22)16(21)18-14-9-8-10-15(11-14)19(6)13(2)3/h8-11,13,22H,7,12H2,1-6H3,(H,18,21). The second-order valence-corrected chi connectivity index (χ2v) is 6.51. The number of likely N-dealkylation sites (N-methyl/N-ethyl adjacent to an activating group) is 1. The molecule has 2 amide bonds. The van der Waals surface area contributed by atoms with Crippen molar-refractivity contribution in [2.45, 2.75) is 46.3 Å². The molecule has 0 aliphatic heterocycles. The molecule has 0 bridgehead atoms. The van der Waals surface area contributed by atoms with E-state index in [4.69, 9.17) is 0 Å². The predicted octanol–water partition coefficient (Wildman–Crippen LogP) is 3.16. The van der Waals surface area contributed by atoms with Gasteiger partial charge in [-0.25, -0.2) is 4.79 Å². The van der Waals surface area contributed by atoms with E-state index in [1.54, 1.807) is 18.7 Å². The number of nitrogens with zero attached hydrogens (tertiary/aromatic N) is 2. The number of carbonyl (C=O) groups is 1. The summed E-state index contributed by atoms with van der Waals surface area (Å²) < 4.78 is 0. The van der Waals surface area contributed by atoms with E-state index >= 15 is 0 Å². The molecule has 0 fully saturated rings. The van der Waals surface area contributed by atoms with Crippen LogP contribution in [0.5, 0.6) is 0 Å². The molecule has 0 heterocycles. The van der Waals surface area contributed by atoms with Crippen molar-refractivity contribution in [1.82, 2.24) is 4.90 Å². The number of hydrogen-bond acceptors (Lipinski definition) is 3. The summed E-state index contributed by atoms with van der Waals surface area (Å²) >= 11 is 0. The molecule has 0 aliphatic carbocycles. The highest BCUT2D eigenvalue weighted by atomic mass is 16.3. The normalized spacial score (nSPS) is 11.5. The van der Waals surface area contributed by atoms with Crippen LogP contribution in [0.1, 0.15) is 34.6 Å². The third-order valence-corrected chi connectivity index (χ3v) is 3.53. The van der Waals surface area contributed by atoms with Gasteiger partial charge >= 0.3 is 6.03 Å². The first kappa shape index (κ1) is 18.3. The third kappa shape index (κ3) is 5.56. The van der Waals surface area contributed by atoms with E-state index in [-0.39, 0.29) is 6.03 Å². The Bertz CT molecular complexity index is 495. The maximum absolute atomic E-state index is 12.3. The van der Waals surface area contributed by atoms with Crippen molar-refractivity contribution in [2.24, 2.45) is 0 Å². The fourth-order valence-corrected chi connectivity index (χ4v) is 2.10. The molecule has 0 radical (unpaired) electrons. The van der Waals surface area contributed by atoms with E-state index < -0.39 is 5.60 Å². The zero-order valence-corrected chi connectivity index (χ0v) is 14.6. The highest BCUT2D eigenvalue weighted by Crippen LogP contribution is 2.20.